The fourth-order valence-corrected chi connectivity index (χ4v) is 8.93. The molecule has 0 aliphatic carbocycles. The summed E-state index contributed by atoms with van der Waals surface area (Å²) in [5.74, 6) is 3.49. The molecule has 64 heavy (non-hydrogen) atoms. The predicted molar refractivity (Wildman–Crippen MR) is 281 cm³/mol. The molecule has 0 heterocycles. The Morgan fingerprint density at radius 3 is 0.625 bits per heavy atom. The Bertz CT molecular complexity index is 1180. The van der Waals surface area contributed by atoms with Crippen molar-refractivity contribution in [3.05, 3.63) is 36.4 Å². The van der Waals surface area contributed by atoms with Gasteiger partial charge >= 0.3 is 0 Å². The van der Waals surface area contributed by atoms with Crippen molar-refractivity contribution in [2.75, 3.05) is 26.4 Å². The van der Waals surface area contributed by atoms with Gasteiger partial charge in [-0.05, 0) is 61.1 Å². The smallest absolute Gasteiger partial charge is 0.161 e. The zero-order valence-corrected chi connectivity index (χ0v) is 43.2. The van der Waals surface area contributed by atoms with Crippen LogP contribution in [0.1, 0.15) is 285 Å². The highest BCUT2D eigenvalue weighted by atomic mass is 16.5. The van der Waals surface area contributed by atoms with Gasteiger partial charge in [-0.2, -0.15) is 0 Å². The van der Waals surface area contributed by atoms with Gasteiger partial charge in [0.05, 0.1) is 26.4 Å². The molecule has 0 aliphatic rings. The average molecular weight is 892 g/mol. The molecule has 0 fully saturated rings. The Morgan fingerprint density at radius 2 is 0.406 bits per heavy atom. The van der Waals surface area contributed by atoms with Crippen LogP contribution in [0.2, 0.25) is 0 Å². The van der Waals surface area contributed by atoms with Crippen LogP contribution >= 0.6 is 0 Å². The number of unbranched alkanes of at least 4 members (excludes halogenated alkanes) is 36. The number of ether oxygens (including phenoxy) is 4. The van der Waals surface area contributed by atoms with Crippen LogP contribution in [0, 0.1) is 0 Å². The van der Waals surface area contributed by atoms with E-state index in [0.29, 0.717) is 0 Å². The Hall–Kier alpha value is -2.36. The molecule has 4 heteroatoms. The lowest BCUT2D eigenvalue weighted by molar-refractivity contribution is 0.258. The third-order valence-electron chi connectivity index (χ3n) is 13.2. The highest BCUT2D eigenvalue weighted by Crippen LogP contribution is 2.38. The summed E-state index contributed by atoms with van der Waals surface area (Å²) in [7, 11) is 0. The average Bonchev–Trinajstić information content (AvgIpc) is 3.31. The molecule has 0 bridgehead atoms. The summed E-state index contributed by atoms with van der Waals surface area (Å²) in [5, 5.41) is 0. The first-order valence-corrected chi connectivity index (χ1v) is 28.5. The summed E-state index contributed by atoms with van der Waals surface area (Å²) >= 11 is 0. The number of rotatable bonds is 49. The molecule has 0 aliphatic heterocycles. The van der Waals surface area contributed by atoms with E-state index in [1.807, 2.05) is 0 Å². The SMILES string of the molecule is CCCCCCCCCCCCOc1ccc(-c2ccc(OCCCCCCCCCCCC)c(OCCCCCCCCCCCC)c2)cc1OCCCCCCCCCCCC. The van der Waals surface area contributed by atoms with Crippen LogP contribution in [-0.2, 0) is 0 Å². The first kappa shape index (κ1) is 57.8. The van der Waals surface area contributed by atoms with Gasteiger partial charge in [0.2, 0.25) is 0 Å². The summed E-state index contributed by atoms with van der Waals surface area (Å²) in [6.45, 7) is 12.1. The van der Waals surface area contributed by atoms with Gasteiger partial charge in [0.15, 0.2) is 23.0 Å². The van der Waals surface area contributed by atoms with E-state index in [2.05, 4.69) is 64.1 Å². The van der Waals surface area contributed by atoms with Crippen LogP contribution in [0.25, 0.3) is 11.1 Å². The minimum atomic E-state index is 0.730. The molecule has 0 spiro atoms. The fourth-order valence-electron chi connectivity index (χ4n) is 8.93. The molecule has 0 aromatic heterocycles. The van der Waals surface area contributed by atoms with Crippen molar-refractivity contribution in [2.45, 2.75) is 285 Å². The van der Waals surface area contributed by atoms with Gasteiger partial charge in [-0.1, -0.05) is 271 Å². The maximum absolute atomic E-state index is 6.56. The van der Waals surface area contributed by atoms with E-state index in [0.717, 1.165) is 86.2 Å². The highest BCUT2D eigenvalue weighted by Gasteiger charge is 2.13. The van der Waals surface area contributed by atoms with Gasteiger partial charge in [0.1, 0.15) is 0 Å². The Labute approximate surface area is 398 Å². The van der Waals surface area contributed by atoms with Crippen LogP contribution in [0.5, 0.6) is 23.0 Å². The summed E-state index contributed by atoms with van der Waals surface area (Å²) in [5.41, 5.74) is 2.27. The normalized spacial score (nSPS) is 11.4. The predicted octanol–water partition coefficient (Wildman–Crippen LogP) is 20.6. The molecule has 2 aromatic carbocycles. The summed E-state index contributed by atoms with van der Waals surface area (Å²) in [6.07, 6.45) is 53.0. The van der Waals surface area contributed by atoms with Crippen molar-refractivity contribution in [1.82, 2.24) is 0 Å². The van der Waals surface area contributed by atoms with E-state index in [9.17, 15) is 0 Å². The lowest BCUT2D eigenvalue weighted by Gasteiger charge is -2.17. The van der Waals surface area contributed by atoms with E-state index < -0.39 is 0 Å². The van der Waals surface area contributed by atoms with Crippen molar-refractivity contribution in [3.63, 3.8) is 0 Å². The van der Waals surface area contributed by atoms with Crippen molar-refractivity contribution in [3.8, 4) is 34.1 Å². The van der Waals surface area contributed by atoms with Gasteiger partial charge in [-0.15, -0.1) is 0 Å². The number of benzene rings is 2. The molecule has 4 nitrogen and oxygen atoms in total. The largest absolute Gasteiger partial charge is 0.490 e. The topological polar surface area (TPSA) is 36.9 Å². The van der Waals surface area contributed by atoms with Gasteiger partial charge in [-0.3, -0.25) is 0 Å². The molecule has 0 amide bonds. The second-order valence-electron chi connectivity index (χ2n) is 19.4. The maximum Gasteiger partial charge on any atom is 0.161 e. The van der Waals surface area contributed by atoms with E-state index in [1.165, 1.54) is 231 Å². The van der Waals surface area contributed by atoms with E-state index in [1.54, 1.807) is 0 Å². The molecule has 0 unspecified atom stereocenters. The standard InChI is InChI=1S/C60H106O4/c1-5-9-13-17-21-25-29-33-37-41-49-61-57-47-45-55(53-59(57)63-51-43-39-35-31-27-23-19-15-11-7-3)56-46-48-58(62-50-42-38-34-30-26-22-18-14-10-6-2)60(54-56)64-52-44-40-36-32-28-24-20-16-12-8-4/h45-48,53-54H,5-44,49-52H2,1-4H3. The molecular formula is C60H106O4. The van der Waals surface area contributed by atoms with Gasteiger partial charge in [0, 0.05) is 0 Å². The molecule has 2 rings (SSSR count). The first-order valence-electron chi connectivity index (χ1n) is 28.5. The van der Waals surface area contributed by atoms with Crippen molar-refractivity contribution in [1.29, 1.82) is 0 Å². The number of hydrogen-bond donors (Lipinski definition) is 0. The first-order chi connectivity index (χ1) is 31.7. The van der Waals surface area contributed by atoms with Crippen molar-refractivity contribution < 1.29 is 18.9 Å². The van der Waals surface area contributed by atoms with Crippen LogP contribution < -0.4 is 18.9 Å². The highest BCUT2D eigenvalue weighted by molar-refractivity contribution is 5.70. The van der Waals surface area contributed by atoms with E-state index >= 15 is 0 Å². The molecule has 0 N–H and O–H groups in total. The van der Waals surface area contributed by atoms with Crippen LogP contribution in [-0.4, -0.2) is 26.4 Å². The van der Waals surface area contributed by atoms with Crippen molar-refractivity contribution in [2.24, 2.45) is 0 Å². The second-order valence-corrected chi connectivity index (χ2v) is 19.4. The maximum atomic E-state index is 6.56. The Morgan fingerprint density at radius 1 is 0.219 bits per heavy atom. The number of hydrogen-bond acceptors (Lipinski definition) is 4. The second kappa shape index (κ2) is 44.5. The molecule has 370 valence electrons. The molecule has 2 aromatic rings. The Kier molecular flexibility index (Phi) is 40.1. The zero-order valence-electron chi connectivity index (χ0n) is 43.2. The lowest BCUT2D eigenvalue weighted by atomic mass is 10.0. The van der Waals surface area contributed by atoms with Crippen LogP contribution in [0.15, 0.2) is 36.4 Å². The van der Waals surface area contributed by atoms with Crippen LogP contribution in [0.3, 0.4) is 0 Å². The van der Waals surface area contributed by atoms with E-state index in [4.69, 9.17) is 18.9 Å². The molecule has 0 radical (unpaired) electrons. The van der Waals surface area contributed by atoms with Gasteiger partial charge in [0.25, 0.3) is 0 Å². The van der Waals surface area contributed by atoms with Gasteiger partial charge in [-0.25, -0.2) is 0 Å². The van der Waals surface area contributed by atoms with Crippen LogP contribution in [0.4, 0.5) is 0 Å². The fraction of sp³-hybridized carbons (Fsp3) is 0.800. The third-order valence-corrected chi connectivity index (χ3v) is 13.2. The quantitative estimate of drug-likeness (QED) is 0.0620. The minimum absolute atomic E-state index is 0.730. The molecule has 0 saturated heterocycles. The Balaban J connectivity index is 2.02. The lowest BCUT2D eigenvalue weighted by Crippen LogP contribution is -2.04. The summed E-state index contributed by atoms with van der Waals surface area (Å²) < 4.78 is 26.0. The summed E-state index contributed by atoms with van der Waals surface area (Å²) in [6, 6.07) is 13.1. The van der Waals surface area contributed by atoms with Gasteiger partial charge < -0.3 is 18.9 Å². The third kappa shape index (κ3) is 32.3. The molecule has 0 atom stereocenters. The van der Waals surface area contributed by atoms with E-state index in [-0.39, 0.29) is 0 Å². The monoisotopic (exact) mass is 891 g/mol. The summed E-state index contributed by atoms with van der Waals surface area (Å²) in [4.78, 5) is 0. The molecule has 0 saturated carbocycles. The molecular weight excluding hydrogens is 785 g/mol. The van der Waals surface area contributed by atoms with Crippen molar-refractivity contribution >= 4 is 0 Å². The minimum Gasteiger partial charge on any atom is -0.490 e. The zero-order chi connectivity index (χ0) is 45.6.